The van der Waals surface area contributed by atoms with E-state index in [2.05, 4.69) is 64.8 Å². The first kappa shape index (κ1) is 24.7. The topological polar surface area (TPSA) is 57.7 Å². The lowest BCUT2D eigenvalue weighted by Crippen LogP contribution is -2.47. The van der Waals surface area contributed by atoms with Crippen LogP contribution in [-0.2, 0) is 16.8 Å². The first-order valence-electron chi connectivity index (χ1n) is 13.7. The first-order valence-corrected chi connectivity index (χ1v) is 14.5. The minimum Gasteiger partial charge on any atom is -0.445 e. The van der Waals surface area contributed by atoms with Crippen molar-refractivity contribution in [1.82, 2.24) is 9.88 Å². The van der Waals surface area contributed by atoms with E-state index >= 15 is 0 Å². The second-order valence-electron chi connectivity index (χ2n) is 10.5. The van der Waals surface area contributed by atoms with Gasteiger partial charge in [-0.2, -0.15) is 0 Å². The van der Waals surface area contributed by atoms with Crippen LogP contribution >= 0.6 is 11.3 Å². The van der Waals surface area contributed by atoms with Crippen molar-refractivity contribution < 1.29 is 9.53 Å². The summed E-state index contributed by atoms with van der Waals surface area (Å²) < 4.78 is 6.80. The monoisotopic (exact) mass is 546 g/mol. The molecule has 0 atom stereocenters. The van der Waals surface area contributed by atoms with Crippen LogP contribution in [0.3, 0.4) is 0 Å². The van der Waals surface area contributed by atoms with E-state index in [0.29, 0.717) is 19.7 Å². The van der Waals surface area contributed by atoms with Crippen LogP contribution in [0.5, 0.6) is 0 Å². The van der Waals surface area contributed by atoms with Gasteiger partial charge in [0.05, 0.1) is 21.6 Å². The van der Waals surface area contributed by atoms with Crippen molar-refractivity contribution >= 4 is 49.8 Å². The molecule has 1 N–H and O–H groups in total. The van der Waals surface area contributed by atoms with E-state index in [1.54, 1.807) is 11.3 Å². The number of benzene rings is 4. The van der Waals surface area contributed by atoms with Crippen molar-refractivity contribution in [2.75, 3.05) is 29.9 Å². The van der Waals surface area contributed by atoms with Crippen molar-refractivity contribution in [1.29, 1.82) is 0 Å². The maximum absolute atomic E-state index is 12.9. The minimum atomic E-state index is -0.229. The number of hydrogen-bond acceptors (Lipinski definition) is 6. The van der Waals surface area contributed by atoms with E-state index in [4.69, 9.17) is 9.72 Å². The maximum atomic E-state index is 12.9. The zero-order valence-electron chi connectivity index (χ0n) is 22.1. The van der Waals surface area contributed by atoms with Gasteiger partial charge in [0.2, 0.25) is 0 Å². The number of ether oxygens (including phenoxy) is 1. The highest BCUT2D eigenvalue weighted by atomic mass is 32.1. The lowest BCUT2D eigenvalue weighted by molar-refractivity contribution is 0.0791. The van der Waals surface area contributed by atoms with E-state index < -0.39 is 0 Å². The van der Waals surface area contributed by atoms with Crippen LogP contribution < -0.4 is 10.2 Å². The van der Waals surface area contributed by atoms with Crippen molar-refractivity contribution in [3.63, 3.8) is 0 Å². The van der Waals surface area contributed by atoms with Gasteiger partial charge >= 0.3 is 6.09 Å². The number of likely N-dealkylation sites (tertiary alicyclic amines) is 1. The van der Waals surface area contributed by atoms with Gasteiger partial charge in [-0.3, -0.25) is 0 Å². The molecule has 2 aliphatic rings. The number of amides is 1. The molecule has 7 heteroatoms. The Kier molecular flexibility index (Phi) is 6.36. The smallest absolute Gasteiger partial charge is 0.410 e. The Hall–Kier alpha value is -4.36. The number of fused-ring (bicyclic) bond motifs is 3. The Balaban J connectivity index is 1.11. The van der Waals surface area contributed by atoms with E-state index in [0.717, 1.165) is 47.0 Å². The van der Waals surface area contributed by atoms with Crippen LogP contribution in [0.4, 0.5) is 27.0 Å². The molecule has 200 valence electrons. The molecule has 1 amide bonds. The molecule has 0 saturated carbocycles. The molecule has 0 bridgehead atoms. The number of nitrogens with one attached hydrogen (secondary N) is 1. The molecule has 40 heavy (non-hydrogen) atoms. The molecule has 0 unspecified atom stereocenters. The summed E-state index contributed by atoms with van der Waals surface area (Å²) in [5.41, 5.74) is 6.76. The molecule has 1 fully saturated rings. The Morgan fingerprint density at radius 3 is 2.38 bits per heavy atom. The summed E-state index contributed by atoms with van der Waals surface area (Å²) in [5.74, 6) is 0. The van der Waals surface area contributed by atoms with Gasteiger partial charge in [-0.25, -0.2) is 9.78 Å². The van der Waals surface area contributed by atoms with Crippen LogP contribution in [0.15, 0.2) is 103 Å². The number of rotatable bonds is 5. The molecule has 5 aromatic rings. The minimum absolute atomic E-state index is 0.0181. The lowest BCUT2D eigenvalue weighted by atomic mass is 9.74. The Bertz CT molecular complexity index is 1630. The van der Waals surface area contributed by atoms with E-state index in [1.807, 2.05) is 53.4 Å². The molecule has 1 saturated heterocycles. The highest BCUT2D eigenvalue weighted by Crippen LogP contribution is 2.51. The second-order valence-corrected chi connectivity index (χ2v) is 11.6. The van der Waals surface area contributed by atoms with Crippen LogP contribution in [-0.4, -0.2) is 35.6 Å². The van der Waals surface area contributed by atoms with Gasteiger partial charge in [0.1, 0.15) is 6.61 Å². The van der Waals surface area contributed by atoms with Gasteiger partial charge in [0.25, 0.3) is 0 Å². The van der Waals surface area contributed by atoms with Gasteiger partial charge < -0.3 is 19.9 Å². The molecule has 4 aromatic carbocycles. The molecule has 7 rings (SSSR count). The molecular weight excluding hydrogens is 516 g/mol. The standard InChI is InChI=1S/C33H30N4O2S/c38-32(39-22-24-10-2-1-3-11-24)36-20-18-33(19-21-36)23-37(28-15-7-4-12-25(28)33)29-16-8-5-13-26(29)34-31-35-27-14-6-9-17-30(27)40-31/h1-17H,18-23H2,(H,34,35). The molecule has 6 nitrogen and oxygen atoms in total. The normalized spacial score (nSPS) is 15.8. The fourth-order valence-corrected chi connectivity index (χ4v) is 6.93. The van der Waals surface area contributed by atoms with Gasteiger partial charge in [-0.15, -0.1) is 0 Å². The molecule has 0 radical (unpaired) electrons. The largest absolute Gasteiger partial charge is 0.445 e. The van der Waals surface area contributed by atoms with Crippen LogP contribution in [0.2, 0.25) is 0 Å². The second kappa shape index (κ2) is 10.3. The number of hydrogen-bond donors (Lipinski definition) is 1. The van der Waals surface area contributed by atoms with E-state index in [-0.39, 0.29) is 11.5 Å². The Morgan fingerprint density at radius 1 is 0.850 bits per heavy atom. The molecule has 0 aliphatic carbocycles. The molecule has 1 spiro atoms. The highest BCUT2D eigenvalue weighted by molar-refractivity contribution is 7.22. The summed E-state index contributed by atoms with van der Waals surface area (Å²) in [7, 11) is 0. The summed E-state index contributed by atoms with van der Waals surface area (Å²) in [6.07, 6.45) is 1.57. The van der Waals surface area contributed by atoms with E-state index in [9.17, 15) is 4.79 Å². The van der Waals surface area contributed by atoms with Gasteiger partial charge in [0.15, 0.2) is 5.13 Å². The number of anilines is 4. The van der Waals surface area contributed by atoms with Gasteiger partial charge in [0, 0.05) is 30.7 Å². The summed E-state index contributed by atoms with van der Waals surface area (Å²) >= 11 is 1.67. The summed E-state index contributed by atoms with van der Waals surface area (Å²) in [5, 5.41) is 4.49. The highest BCUT2D eigenvalue weighted by Gasteiger charge is 2.46. The molecule has 3 heterocycles. The Labute approximate surface area is 237 Å². The fraction of sp³-hybridized carbons (Fsp3) is 0.212. The zero-order valence-corrected chi connectivity index (χ0v) is 22.9. The predicted molar refractivity (Wildman–Crippen MR) is 162 cm³/mol. The third kappa shape index (κ3) is 4.56. The number of carbonyl (C=O) groups is 1. The number of nitrogens with zero attached hydrogens (tertiary/aromatic N) is 3. The first-order chi connectivity index (χ1) is 19.7. The number of carbonyl (C=O) groups excluding carboxylic acids is 1. The van der Waals surface area contributed by atoms with Gasteiger partial charge in [-0.05, 0) is 54.3 Å². The quantitative estimate of drug-likeness (QED) is 0.243. The van der Waals surface area contributed by atoms with Crippen molar-refractivity contribution in [3.05, 3.63) is 114 Å². The number of thiazole rings is 1. The molecular formula is C33H30N4O2S. The van der Waals surface area contributed by atoms with Crippen molar-refractivity contribution in [2.24, 2.45) is 0 Å². The average molecular weight is 547 g/mol. The number of para-hydroxylation sites is 4. The third-order valence-electron chi connectivity index (χ3n) is 8.14. The summed E-state index contributed by atoms with van der Waals surface area (Å²) in [6.45, 7) is 2.54. The predicted octanol–water partition coefficient (Wildman–Crippen LogP) is 7.86. The zero-order chi connectivity index (χ0) is 26.9. The molecule has 2 aliphatic heterocycles. The summed E-state index contributed by atoms with van der Waals surface area (Å²) in [4.78, 5) is 22.0. The molecule has 1 aromatic heterocycles. The average Bonchev–Trinajstić information content (AvgIpc) is 3.56. The van der Waals surface area contributed by atoms with Crippen LogP contribution in [0, 0.1) is 0 Å². The lowest BCUT2D eigenvalue weighted by Gasteiger charge is -2.39. The van der Waals surface area contributed by atoms with Crippen LogP contribution in [0.25, 0.3) is 10.2 Å². The van der Waals surface area contributed by atoms with Crippen molar-refractivity contribution in [3.8, 4) is 0 Å². The Morgan fingerprint density at radius 2 is 1.55 bits per heavy atom. The maximum Gasteiger partial charge on any atom is 0.410 e. The number of aromatic nitrogens is 1. The van der Waals surface area contributed by atoms with Gasteiger partial charge in [-0.1, -0.05) is 84.1 Å². The number of piperidine rings is 1. The van der Waals surface area contributed by atoms with Crippen LogP contribution in [0.1, 0.15) is 24.0 Å². The fourth-order valence-electron chi connectivity index (χ4n) is 6.06. The third-order valence-corrected chi connectivity index (χ3v) is 9.09. The van der Waals surface area contributed by atoms with E-state index in [1.165, 1.54) is 16.0 Å². The SMILES string of the molecule is O=C(OCc1ccccc1)N1CCC2(CC1)CN(c1ccccc1Nc1nc3ccccc3s1)c1ccccc12. The summed E-state index contributed by atoms with van der Waals surface area (Å²) in [6, 6.07) is 35.3. The van der Waals surface area contributed by atoms with Crippen molar-refractivity contribution in [2.45, 2.75) is 24.9 Å².